The predicted molar refractivity (Wildman–Crippen MR) is 113 cm³/mol. The molecule has 2 aromatic carbocycles. The van der Waals surface area contributed by atoms with Crippen LogP contribution < -0.4 is 0 Å². The van der Waals surface area contributed by atoms with Gasteiger partial charge < -0.3 is 5.11 Å². The first-order chi connectivity index (χ1) is 13.8. The Hall–Kier alpha value is -2.44. The van der Waals surface area contributed by atoms with Crippen LogP contribution >= 0.6 is 12.4 Å². The summed E-state index contributed by atoms with van der Waals surface area (Å²) >= 11 is 0. The van der Waals surface area contributed by atoms with Gasteiger partial charge in [0, 0.05) is 13.1 Å². The average molecular weight is 412 g/mol. The molecule has 2 aliphatic rings. The summed E-state index contributed by atoms with van der Waals surface area (Å²) in [6.07, 6.45) is 5.79. The van der Waals surface area contributed by atoms with Crippen LogP contribution in [0.5, 0.6) is 5.75 Å². The van der Waals surface area contributed by atoms with Crippen molar-refractivity contribution >= 4 is 12.4 Å². The van der Waals surface area contributed by atoms with Gasteiger partial charge in [-0.2, -0.15) is 0 Å². The van der Waals surface area contributed by atoms with Gasteiger partial charge in [-0.25, -0.2) is 4.68 Å². The molecule has 3 aromatic rings. The fourth-order valence-corrected chi connectivity index (χ4v) is 4.71. The first kappa shape index (κ1) is 19.9. The maximum absolute atomic E-state index is 9.78. The Morgan fingerprint density at radius 3 is 2.45 bits per heavy atom. The topological polar surface area (TPSA) is 67.1 Å². The summed E-state index contributed by atoms with van der Waals surface area (Å²) in [5.41, 5.74) is 3.92. The van der Waals surface area contributed by atoms with Gasteiger partial charge in [0.05, 0.1) is 12.1 Å². The highest BCUT2D eigenvalue weighted by molar-refractivity contribution is 5.85. The van der Waals surface area contributed by atoms with E-state index in [9.17, 15) is 5.11 Å². The van der Waals surface area contributed by atoms with Crippen molar-refractivity contribution in [3.8, 4) is 5.75 Å². The molecule has 29 heavy (non-hydrogen) atoms. The summed E-state index contributed by atoms with van der Waals surface area (Å²) in [7, 11) is 0. The Bertz CT molecular complexity index is 952. The summed E-state index contributed by atoms with van der Waals surface area (Å²) in [5.74, 6) is 1.19. The maximum Gasteiger partial charge on any atom is 0.173 e. The fraction of sp³-hybridized carbons (Fsp3) is 0.409. The lowest BCUT2D eigenvalue weighted by Gasteiger charge is -2.35. The molecule has 0 bridgehead atoms. The second-order valence-electron chi connectivity index (χ2n) is 7.90. The largest absolute Gasteiger partial charge is 0.508 e. The summed E-state index contributed by atoms with van der Waals surface area (Å²) in [6.45, 7) is 1.83. The summed E-state index contributed by atoms with van der Waals surface area (Å²) in [6, 6.07) is 16.5. The molecular formula is C22H26ClN5O. The molecule has 1 unspecified atom stereocenters. The van der Waals surface area contributed by atoms with Gasteiger partial charge >= 0.3 is 0 Å². The normalized spacial score (nSPS) is 18.2. The number of phenols is 1. The molecule has 2 heterocycles. The molecule has 1 N–H and O–H groups in total. The highest BCUT2D eigenvalue weighted by Gasteiger charge is 2.32. The van der Waals surface area contributed by atoms with Crippen LogP contribution in [0.3, 0.4) is 0 Å². The van der Waals surface area contributed by atoms with Crippen LogP contribution in [-0.2, 0) is 13.0 Å². The molecule has 0 spiro atoms. The van der Waals surface area contributed by atoms with Crippen molar-refractivity contribution in [2.24, 2.45) is 0 Å². The van der Waals surface area contributed by atoms with E-state index in [0.717, 1.165) is 43.7 Å². The second kappa shape index (κ2) is 8.51. The Kier molecular flexibility index (Phi) is 5.83. The Labute approximate surface area is 177 Å². The standard InChI is InChI=1S/C22H25N5O.ClH/c28-20-11-9-17(10-12-20)21(22-23-24-25-27(22)19-7-3-4-8-19)26-14-13-16-5-1-2-6-18(16)15-26;/h1-2,5-6,9-12,19,21,28H,3-4,7-8,13-15H2;1H. The van der Waals surface area contributed by atoms with Crippen molar-refractivity contribution < 1.29 is 5.11 Å². The number of benzene rings is 2. The van der Waals surface area contributed by atoms with Crippen molar-refractivity contribution in [3.05, 3.63) is 71.0 Å². The lowest BCUT2D eigenvalue weighted by molar-refractivity contribution is 0.191. The molecule has 0 radical (unpaired) electrons. The van der Waals surface area contributed by atoms with E-state index >= 15 is 0 Å². The van der Waals surface area contributed by atoms with E-state index in [-0.39, 0.29) is 24.2 Å². The first-order valence-corrected chi connectivity index (χ1v) is 10.2. The van der Waals surface area contributed by atoms with Crippen LogP contribution in [0.15, 0.2) is 48.5 Å². The van der Waals surface area contributed by atoms with Crippen molar-refractivity contribution in [2.75, 3.05) is 6.54 Å². The average Bonchev–Trinajstić information content (AvgIpc) is 3.41. The third-order valence-corrected chi connectivity index (χ3v) is 6.17. The Balaban J connectivity index is 0.00000205. The number of phenolic OH excluding ortho intramolecular Hbond substituents is 1. The van der Waals surface area contributed by atoms with E-state index in [1.165, 1.54) is 24.0 Å². The Morgan fingerprint density at radius 2 is 1.69 bits per heavy atom. The van der Waals surface area contributed by atoms with Gasteiger partial charge in [-0.15, -0.1) is 17.5 Å². The lowest BCUT2D eigenvalue weighted by Crippen LogP contribution is -2.36. The first-order valence-electron chi connectivity index (χ1n) is 10.2. The zero-order valence-electron chi connectivity index (χ0n) is 16.3. The zero-order valence-corrected chi connectivity index (χ0v) is 17.1. The van der Waals surface area contributed by atoms with Crippen LogP contribution in [0, 0.1) is 0 Å². The number of aromatic nitrogens is 4. The molecule has 1 atom stereocenters. The summed E-state index contributed by atoms with van der Waals surface area (Å²) in [5, 5.41) is 22.7. The quantitative estimate of drug-likeness (QED) is 0.701. The molecule has 1 saturated carbocycles. The van der Waals surface area contributed by atoms with Crippen LogP contribution in [0.2, 0.25) is 0 Å². The monoisotopic (exact) mass is 411 g/mol. The second-order valence-corrected chi connectivity index (χ2v) is 7.90. The number of aromatic hydroxyl groups is 1. The molecule has 152 valence electrons. The van der Waals surface area contributed by atoms with E-state index in [2.05, 4.69) is 49.4 Å². The Morgan fingerprint density at radius 1 is 0.966 bits per heavy atom. The number of tetrazole rings is 1. The van der Waals surface area contributed by atoms with Crippen molar-refractivity contribution in [3.63, 3.8) is 0 Å². The fourth-order valence-electron chi connectivity index (χ4n) is 4.71. The molecule has 1 aliphatic heterocycles. The van der Waals surface area contributed by atoms with Gasteiger partial charge in [-0.3, -0.25) is 4.90 Å². The van der Waals surface area contributed by atoms with Crippen LogP contribution in [0.4, 0.5) is 0 Å². The van der Waals surface area contributed by atoms with Crippen LogP contribution in [0.25, 0.3) is 0 Å². The minimum Gasteiger partial charge on any atom is -0.508 e. The SMILES string of the molecule is Cl.Oc1ccc(C(c2nnnn2C2CCCC2)N2CCc3ccccc3C2)cc1. The molecular weight excluding hydrogens is 386 g/mol. The highest BCUT2D eigenvalue weighted by atomic mass is 35.5. The van der Waals surface area contributed by atoms with E-state index in [4.69, 9.17) is 0 Å². The van der Waals surface area contributed by atoms with E-state index in [1.807, 2.05) is 12.1 Å². The van der Waals surface area contributed by atoms with E-state index in [0.29, 0.717) is 6.04 Å². The van der Waals surface area contributed by atoms with Crippen molar-refractivity contribution in [2.45, 2.75) is 50.7 Å². The van der Waals surface area contributed by atoms with Gasteiger partial charge in [-0.05, 0) is 58.5 Å². The van der Waals surface area contributed by atoms with Crippen LogP contribution in [0.1, 0.15) is 60.3 Å². The van der Waals surface area contributed by atoms with E-state index in [1.54, 1.807) is 12.1 Å². The molecule has 1 aliphatic carbocycles. The molecule has 1 aromatic heterocycles. The van der Waals surface area contributed by atoms with Gasteiger partial charge in [0.15, 0.2) is 5.82 Å². The number of halogens is 1. The molecule has 7 heteroatoms. The predicted octanol–water partition coefficient (Wildman–Crippen LogP) is 4.06. The summed E-state index contributed by atoms with van der Waals surface area (Å²) in [4.78, 5) is 2.46. The van der Waals surface area contributed by atoms with Gasteiger partial charge in [0.1, 0.15) is 5.75 Å². The molecule has 0 saturated heterocycles. The van der Waals surface area contributed by atoms with Gasteiger partial charge in [0.2, 0.25) is 0 Å². The summed E-state index contributed by atoms with van der Waals surface area (Å²) < 4.78 is 2.06. The maximum atomic E-state index is 9.78. The molecule has 0 amide bonds. The molecule has 6 nitrogen and oxygen atoms in total. The zero-order chi connectivity index (χ0) is 18.9. The number of fused-ring (bicyclic) bond motifs is 1. The van der Waals surface area contributed by atoms with Gasteiger partial charge in [-0.1, -0.05) is 49.2 Å². The van der Waals surface area contributed by atoms with Crippen molar-refractivity contribution in [1.82, 2.24) is 25.1 Å². The highest BCUT2D eigenvalue weighted by Crippen LogP contribution is 2.36. The number of rotatable bonds is 4. The number of hydrogen-bond donors (Lipinski definition) is 1. The number of hydrogen-bond acceptors (Lipinski definition) is 5. The van der Waals surface area contributed by atoms with Crippen molar-refractivity contribution in [1.29, 1.82) is 0 Å². The smallest absolute Gasteiger partial charge is 0.173 e. The van der Waals surface area contributed by atoms with E-state index < -0.39 is 0 Å². The van der Waals surface area contributed by atoms with Crippen LogP contribution in [-0.4, -0.2) is 36.8 Å². The minimum atomic E-state index is -0.0236. The third kappa shape index (κ3) is 3.87. The minimum absolute atomic E-state index is 0. The number of nitrogens with zero attached hydrogens (tertiary/aromatic N) is 5. The molecule has 1 fully saturated rings. The third-order valence-electron chi connectivity index (χ3n) is 6.17. The lowest BCUT2D eigenvalue weighted by atomic mass is 9.96. The van der Waals surface area contributed by atoms with Gasteiger partial charge in [0.25, 0.3) is 0 Å². The molecule has 5 rings (SSSR count).